The number of fused-ring (bicyclic) bond motifs is 7. The van der Waals surface area contributed by atoms with Crippen LogP contribution in [0.25, 0.3) is 99.6 Å². The molecule has 0 N–H and O–H groups in total. The van der Waals surface area contributed by atoms with Gasteiger partial charge in [0.25, 0.3) is 0 Å². The lowest BCUT2D eigenvalue weighted by Gasteiger charge is -2.13. The van der Waals surface area contributed by atoms with Crippen molar-refractivity contribution < 1.29 is 4.42 Å². The molecule has 0 spiro atoms. The molecular weight excluding hydrogens is 625 g/mol. The molecule has 0 radical (unpaired) electrons. The maximum Gasteiger partial charge on any atom is 0.144 e. The molecule has 0 aliphatic rings. The summed E-state index contributed by atoms with van der Waals surface area (Å²) >= 11 is 0. The van der Waals surface area contributed by atoms with Gasteiger partial charge < -0.3 is 4.42 Å². The number of furan rings is 1. The average molecular weight is 653 g/mol. The molecule has 0 unspecified atom stereocenters. The zero-order chi connectivity index (χ0) is 33.7. The number of rotatable bonds is 5. The minimum Gasteiger partial charge on any atom is -0.455 e. The number of pyridine rings is 4. The van der Waals surface area contributed by atoms with Crippen molar-refractivity contribution in [3.8, 4) is 56.0 Å². The van der Waals surface area contributed by atoms with Crippen LogP contribution in [0.5, 0.6) is 0 Å². The maximum absolute atomic E-state index is 6.55. The summed E-state index contributed by atoms with van der Waals surface area (Å²) in [7, 11) is 0. The zero-order valence-corrected chi connectivity index (χ0v) is 27.4. The minimum absolute atomic E-state index is 0.868. The third-order valence-electron chi connectivity index (χ3n) is 9.63. The Kier molecular flexibility index (Phi) is 6.74. The summed E-state index contributed by atoms with van der Waals surface area (Å²) in [5, 5.41) is 5.46. The highest BCUT2D eigenvalue weighted by molar-refractivity contribution is 6.24. The van der Waals surface area contributed by atoms with Crippen molar-refractivity contribution in [2.45, 2.75) is 0 Å². The van der Waals surface area contributed by atoms with Gasteiger partial charge in [-0.1, -0.05) is 78.9 Å². The van der Waals surface area contributed by atoms with Crippen LogP contribution in [0, 0.1) is 0 Å². The largest absolute Gasteiger partial charge is 0.455 e. The van der Waals surface area contributed by atoms with Gasteiger partial charge in [0.2, 0.25) is 0 Å². The van der Waals surface area contributed by atoms with Crippen LogP contribution < -0.4 is 0 Å². The summed E-state index contributed by atoms with van der Waals surface area (Å²) in [5.41, 5.74) is 12.8. The smallest absolute Gasteiger partial charge is 0.144 e. The normalized spacial score (nSPS) is 11.5. The number of para-hydroxylation sites is 2. The Morgan fingerprint density at radius 1 is 0.392 bits per heavy atom. The summed E-state index contributed by atoms with van der Waals surface area (Å²) in [4.78, 5) is 18.8. The molecule has 0 fully saturated rings. The van der Waals surface area contributed by atoms with E-state index in [1.54, 1.807) is 18.6 Å². The van der Waals surface area contributed by atoms with Gasteiger partial charge >= 0.3 is 0 Å². The number of aromatic nitrogens is 4. The van der Waals surface area contributed by atoms with Gasteiger partial charge in [0.05, 0.1) is 22.6 Å². The van der Waals surface area contributed by atoms with Crippen molar-refractivity contribution in [2.24, 2.45) is 0 Å². The van der Waals surface area contributed by atoms with Gasteiger partial charge in [0.15, 0.2) is 0 Å². The highest BCUT2D eigenvalue weighted by Crippen LogP contribution is 2.41. The van der Waals surface area contributed by atoms with Crippen molar-refractivity contribution in [3.05, 3.63) is 170 Å². The quantitative estimate of drug-likeness (QED) is 0.173. The average Bonchev–Trinajstić information content (AvgIpc) is 3.60. The van der Waals surface area contributed by atoms with Crippen LogP contribution in [0.2, 0.25) is 0 Å². The van der Waals surface area contributed by atoms with Crippen molar-refractivity contribution in [3.63, 3.8) is 0 Å². The van der Waals surface area contributed by atoms with Crippen molar-refractivity contribution >= 4 is 43.6 Å². The fourth-order valence-corrected chi connectivity index (χ4v) is 7.19. The number of benzene rings is 5. The first kappa shape index (κ1) is 29.0. The van der Waals surface area contributed by atoms with E-state index < -0.39 is 0 Å². The molecule has 0 saturated heterocycles. The fraction of sp³-hybridized carbons (Fsp3) is 0. The molecule has 0 aliphatic carbocycles. The van der Waals surface area contributed by atoms with Gasteiger partial charge in [-0.2, -0.15) is 0 Å². The first-order valence-electron chi connectivity index (χ1n) is 16.9. The summed E-state index contributed by atoms with van der Waals surface area (Å²) in [6, 6.07) is 50.6. The Hall–Kier alpha value is -6.98. The van der Waals surface area contributed by atoms with Gasteiger partial charge in [-0.3, -0.25) is 9.97 Å². The molecule has 5 heteroatoms. The minimum atomic E-state index is 0.868. The van der Waals surface area contributed by atoms with Crippen molar-refractivity contribution in [2.75, 3.05) is 0 Å². The fourth-order valence-electron chi connectivity index (χ4n) is 7.19. The summed E-state index contributed by atoms with van der Waals surface area (Å²) in [6.45, 7) is 0. The van der Waals surface area contributed by atoms with E-state index in [-0.39, 0.29) is 0 Å². The van der Waals surface area contributed by atoms with E-state index in [4.69, 9.17) is 14.4 Å². The van der Waals surface area contributed by atoms with E-state index in [1.165, 1.54) is 0 Å². The van der Waals surface area contributed by atoms with E-state index in [0.29, 0.717) is 0 Å². The van der Waals surface area contributed by atoms with Gasteiger partial charge in [-0.15, -0.1) is 0 Å². The molecule has 51 heavy (non-hydrogen) atoms. The van der Waals surface area contributed by atoms with Crippen molar-refractivity contribution in [1.29, 1.82) is 0 Å². The Labute approximate surface area is 293 Å². The van der Waals surface area contributed by atoms with Crippen LogP contribution in [0.3, 0.4) is 0 Å². The molecule has 5 aromatic heterocycles. The molecular formula is C46H28N4O. The van der Waals surface area contributed by atoms with Crippen LogP contribution in [0.15, 0.2) is 175 Å². The highest BCUT2D eigenvalue weighted by Gasteiger charge is 2.18. The zero-order valence-electron chi connectivity index (χ0n) is 27.4. The molecule has 0 saturated carbocycles. The summed E-state index contributed by atoms with van der Waals surface area (Å²) < 4.78 is 6.55. The number of nitrogens with zero attached hydrogens (tertiary/aromatic N) is 4. The maximum atomic E-state index is 6.55. The number of hydrogen-bond donors (Lipinski definition) is 0. The molecule has 0 bridgehead atoms. The van der Waals surface area contributed by atoms with Gasteiger partial charge in [0, 0.05) is 68.4 Å². The lowest BCUT2D eigenvalue weighted by atomic mass is 9.94. The molecule has 5 heterocycles. The first-order chi connectivity index (χ1) is 25.3. The Bertz CT molecular complexity index is 2860. The molecule has 0 atom stereocenters. The van der Waals surface area contributed by atoms with Gasteiger partial charge in [0.1, 0.15) is 11.2 Å². The third-order valence-corrected chi connectivity index (χ3v) is 9.63. The standard InChI is InChI=1S/C46H28N4O/c1-3-15-40-38(14-1)44-39(18-17-37-36-13-2-4-16-43(36)51-46(37)44)45(50-40)33-11-6-9-31(25-33)30-8-5-10-32(24-30)35-26-41(29-19-22-47-23-20-29)49-42(27-35)34-12-7-21-48-28-34/h1-28H. The first-order valence-corrected chi connectivity index (χ1v) is 16.9. The van der Waals surface area contributed by atoms with E-state index in [1.807, 2.05) is 48.7 Å². The predicted molar refractivity (Wildman–Crippen MR) is 207 cm³/mol. The van der Waals surface area contributed by atoms with E-state index in [0.717, 1.165) is 99.6 Å². The topological polar surface area (TPSA) is 64.7 Å². The van der Waals surface area contributed by atoms with E-state index in [2.05, 4.69) is 113 Å². The molecule has 10 rings (SSSR count). The second kappa shape index (κ2) is 11.9. The SMILES string of the molecule is c1cc(-c2cccc(-c3nc4ccccc4c4c3ccc3c5ccccc5oc34)c2)cc(-c2cc(-c3ccncc3)nc(-c3cccnc3)c2)c1. The van der Waals surface area contributed by atoms with Crippen molar-refractivity contribution in [1.82, 2.24) is 19.9 Å². The molecule has 5 nitrogen and oxygen atoms in total. The van der Waals surface area contributed by atoms with Crippen LogP contribution >= 0.6 is 0 Å². The van der Waals surface area contributed by atoms with E-state index in [9.17, 15) is 0 Å². The Morgan fingerprint density at radius 2 is 1.06 bits per heavy atom. The lowest BCUT2D eigenvalue weighted by molar-refractivity contribution is 0.673. The molecule has 0 aliphatic heterocycles. The van der Waals surface area contributed by atoms with Crippen LogP contribution in [0.1, 0.15) is 0 Å². The second-order valence-electron chi connectivity index (χ2n) is 12.7. The molecule has 10 aromatic rings. The lowest BCUT2D eigenvalue weighted by Crippen LogP contribution is -1.92. The van der Waals surface area contributed by atoms with Gasteiger partial charge in [-0.05, 0) is 89.0 Å². The summed E-state index contributed by atoms with van der Waals surface area (Å²) in [5.74, 6) is 0. The highest BCUT2D eigenvalue weighted by atomic mass is 16.3. The third kappa shape index (κ3) is 5.03. The van der Waals surface area contributed by atoms with Crippen LogP contribution in [-0.2, 0) is 0 Å². The number of hydrogen-bond acceptors (Lipinski definition) is 5. The van der Waals surface area contributed by atoms with Crippen LogP contribution in [-0.4, -0.2) is 19.9 Å². The molecule has 0 amide bonds. The Morgan fingerprint density at radius 3 is 1.86 bits per heavy atom. The van der Waals surface area contributed by atoms with Gasteiger partial charge in [-0.25, -0.2) is 9.97 Å². The molecule has 238 valence electrons. The van der Waals surface area contributed by atoms with E-state index >= 15 is 0 Å². The Balaban J connectivity index is 1.12. The monoisotopic (exact) mass is 652 g/mol. The predicted octanol–water partition coefficient (Wildman–Crippen LogP) is 11.8. The molecule has 5 aromatic carbocycles. The summed E-state index contributed by atoms with van der Waals surface area (Å²) in [6.07, 6.45) is 7.24. The second-order valence-corrected chi connectivity index (χ2v) is 12.7. The van der Waals surface area contributed by atoms with Crippen LogP contribution in [0.4, 0.5) is 0 Å².